The third-order valence-electron chi connectivity index (χ3n) is 6.39. The number of hydrogen-bond acceptors (Lipinski definition) is 4. The van der Waals surface area contributed by atoms with Crippen molar-refractivity contribution in [2.24, 2.45) is 0 Å². The molecule has 6 heteroatoms. The predicted molar refractivity (Wildman–Crippen MR) is 116 cm³/mol. The number of ether oxygens (including phenoxy) is 1. The van der Waals surface area contributed by atoms with Crippen LogP contribution in [0.1, 0.15) is 34.5 Å². The number of furan rings is 1. The van der Waals surface area contributed by atoms with Crippen LogP contribution in [0.15, 0.2) is 65.1 Å². The molecule has 158 valence electrons. The Morgan fingerprint density at radius 3 is 2.65 bits per heavy atom. The molecule has 2 aliphatic heterocycles. The van der Waals surface area contributed by atoms with Gasteiger partial charge in [0.05, 0.1) is 6.61 Å². The molecule has 5 rings (SSSR count). The van der Waals surface area contributed by atoms with Crippen molar-refractivity contribution in [1.29, 1.82) is 0 Å². The molecule has 0 radical (unpaired) electrons. The summed E-state index contributed by atoms with van der Waals surface area (Å²) in [6.07, 6.45) is 2.38. The van der Waals surface area contributed by atoms with Gasteiger partial charge >= 0.3 is 0 Å². The van der Waals surface area contributed by atoms with E-state index in [9.17, 15) is 9.59 Å². The first-order valence-electron chi connectivity index (χ1n) is 10.6. The van der Waals surface area contributed by atoms with E-state index in [2.05, 4.69) is 11.4 Å². The fourth-order valence-corrected chi connectivity index (χ4v) is 4.60. The summed E-state index contributed by atoms with van der Waals surface area (Å²) in [6, 6.07) is 19.5. The van der Waals surface area contributed by atoms with Gasteiger partial charge in [0.2, 0.25) is 6.41 Å². The standard InChI is InChI=1S/C25H24N2O4/c28-17-26-15-18-6-7-22-20(14-18)25(16-30-22)10-12-27(13-11-25)24(29)23-9-8-21(31-23)19-4-2-1-3-5-19/h1-9,14,17H,10-13,15-16H2,(H,26,28). The molecule has 1 saturated heterocycles. The summed E-state index contributed by atoms with van der Waals surface area (Å²) >= 11 is 0. The number of likely N-dealkylation sites (tertiary alicyclic amines) is 1. The molecule has 2 aromatic carbocycles. The van der Waals surface area contributed by atoms with Crippen molar-refractivity contribution in [3.05, 3.63) is 77.6 Å². The van der Waals surface area contributed by atoms with Crippen LogP contribution in [0.25, 0.3) is 11.3 Å². The maximum absolute atomic E-state index is 13.0. The molecule has 2 aliphatic rings. The van der Waals surface area contributed by atoms with E-state index >= 15 is 0 Å². The first-order valence-corrected chi connectivity index (χ1v) is 10.6. The summed E-state index contributed by atoms with van der Waals surface area (Å²) in [6.45, 7) is 2.44. The first kappa shape index (κ1) is 19.4. The van der Waals surface area contributed by atoms with Gasteiger partial charge in [-0.05, 0) is 42.7 Å². The zero-order valence-corrected chi connectivity index (χ0v) is 17.2. The summed E-state index contributed by atoms with van der Waals surface area (Å²) in [5.74, 6) is 1.92. The minimum Gasteiger partial charge on any atom is -0.492 e. The van der Waals surface area contributed by atoms with E-state index in [1.165, 1.54) is 5.56 Å². The number of piperidine rings is 1. The number of hydrogen-bond donors (Lipinski definition) is 1. The second kappa shape index (κ2) is 7.95. The van der Waals surface area contributed by atoms with Gasteiger partial charge in [-0.15, -0.1) is 0 Å². The topological polar surface area (TPSA) is 71.8 Å². The highest BCUT2D eigenvalue weighted by atomic mass is 16.5. The fourth-order valence-electron chi connectivity index (χ4n) is 4.60. The molecule has 3 aromatic rings. The Hall–Kier alpha value is -3.54. The Morgan fingerprint density at radius 2 is 1.87 bits per heavy atom. The second-order valence-electron chi connectivity index (χ2n) is 8.22. The molecule has 3 heterocycles. The number of nitrogens with zero attached hydrogens (tertiary/aromatic N) is 1. The van der Waals surface area contributed by atoms with E-state index in [4.69, 9.17) is 9.15 Å². The maximum Gasteiger partial charge on any atom is 0.289 e. The summed E-state index contributed by atoms with van der Waals surface area (Å²) in [5, 5.41) is 2.72. The zero-order valence-electron chi connectivity index (χ0n) is 17.2. The van der Waals surface area contributed by atoms with Gasteiger partial charge in [-0.25, -0.2) is 0 Å². The molecule has 0 atom stereocenters. The zero-order chi connectivity index (χ0) is 21.3. The summed E-state index contributed by atoms with van der Waals surface area (Å²) in [5.41, 5.74) is 3.12. The van der Waals surface area contributed by atoms with Crippen molar-refractivity contribution in [2.75, 3.05) is 19.7 Å². The molecular formula is C25H24N2O4. The number of nitrogens with one attached hydrogen (secondary N) is 1. The number of carbonyl (C=O) groups is 2. The lowest BCUT2D eigenvalue weighted by Crippen LogP contribution is -2.46. The SMILES string of the molecule is O=CNCc1ccc2c(c1)C1(CCN(C(=O)c3ccc(-c4ccccc4)o3)CC1)CO2. The lowest BCUT2D eigenvalue weighted by Gasteiger charge is -2.38. The van der Waals surface area contributed by atoms with Crippen molar-refractivity contribution in [3.8, 4) is 17.1 Å². The molecule has 0 aliphatic carbocycles. The average molecular weight is 416 g/mol. The molecule has 0 saturated carbocycles. The van der Waals surface area contributed by atoms with Gasteiger partial charge in [0.1, 0.15) is 11.5 Å². The smallest absolute Gasteiger partial charge is 0.289 e. The quantitative estimate of drug-likeness (QED) is 0.643. The number of carbonyl (C=O) groups excluding carboxylic acids is 2. The highest BCUT2D eigenvalue weighted by molar-refractivity contribution is 5.92. The Balaban J connectivity index is 1.29. The van der Waals surface area contributed by atoms with Gasteiger partial charge in [-0.2, -0.15) is 0 Å². The van der Waals surface area contributed by atoms with Crippen LogP contribution in [0.5, 0.6) is 5.75 Å². The molecule has 0 bridgehead atoms. The van der Waals surface area contributed by atoms with Gasteiger partial charge in [0.15, 0.2) is 5.76 Å². The Bertz CT molecular complexity index is 1100. The number of rotatable bonds is 5. The van der Waals surface area contributed by atoms with E-state index in [-0.39, 0.29) is 11.3 Å². The van der Waals surface area contributed by atoms with Crippen molar-refractivity contribution in [1.82, 2.24) is 10.2 Å². The molecular weight excluding hydrogens is 392 g/mol. The fraction of sp³-hybridized carbons (Fsp3) is 0.280. The molecule has 1 fully saturated rings. The molecule has 2 amide bonds. The Morgan fingerprint density at radius 1 is 1.06 bits per heavy atom. The molecule has 6 nitrogen and oxygen atoms in total. The van der Waals surface area contributed by atoms with Gasteiger partial charge in [0, 0.05) is 36.2 Å². The number of benzene rings is 2. The van der Waals surface area contributed by atoms with E-state index in [1.807, 2.05) is 53.4 Å². The molecule has 1 aromatic heterocycles. The number of fused-ring (bicyclic) bond motifs is 2. The molecule has 1 spiro atoms. The van der Waals surface area contributed by atoms with E-state index in [0.29, 0.717) is 44.2 Å². The monoisotopic (exact) mass is 416 g/mol. The van der Waals surface area contributed by atoms with E-state index < -0.39 is 0 Å². The van der Waals surface area contributed by atoms with Gasteiger partial charge in [-0.3, -0.25) is 9.59 Å². The van der Waals surface area contributed by atoms with Gasteiger partial charge in [0.25, 0.3) is 5.91 Å². The molecule has 1 N–H and O–H groups in total. The Kier molecular flexibility index (Phi) is 4.98. The van der Waals surface area contributed by atoms with Crippen molar-refractivity contribution >= 4 is 12.3 Å². The largest absolute Gasteiger partial charge is 0.492 e. The van der Waals surface area contributed by atoms with Crippen molar-refractivity contribution in [2.45, 2.75) is 24.8 Å². The third-order valence-corrected chi connectivity index (χ3v) is 6.39. The summed E-state index contributed by atoms with van der Waals surface area (Å²) in [4.78, 5) is 25.5. The van der Waals surface area contributed by atoms with Crippen molar-refractivity contribution < 1.29 is 18.7 Å². The minimum absolute atomic E-state index is 0.0693. The van der Waals surface area contributed by atoms with Crippen LogP contribution in [-0.2, 0) is 16.8 Å². The summed E-state index contributed by atoms with van der Waals surface area (Å²) in [7, 11) is 0. The van der Waals surface area contributed by atoms with Crippen LogP contribution in [0.2, 0.25) is 0 Å². The first-order chi connectivity index (χ1) is 15.2. The van der Waals surface area contributed by atoms with E-state index in [0.717, 1.165) is 29.7 Å². The Labute approximate surface area is 180 Å². The third kappa shape index (κ3) is 3.58. The normalized spacial score (nSPS) is 16.6. The minimum atomic E-state index is -0.0817. The lowest BCUT2D eigenvalue weighted by molar-refractivity contribution is -0.109. The van der Waals surface area contributed by atoms with Crippen LogP contribution in [0.4, 0.5) is 0 Å². The molecule has 31 heavy (non-hydrogen) atoms. The highest BCUT2D eigenvalue weighted by Gasteiger charge is 2.44. The van der Waals surface area contributed by atoms with Crippen LogP contribution < -0.4 is 10.1 Å². The summed E-state index contributed by atoms with van der Waals surface area (Å²) < 4.78 is 11.8. The highest BCUT2D eigenvalue weighted by Crippen LogP contribution is 2.46. The van der Waals surface area contributed by atoms with Crippen LogP contribution in [-0.4, -0.2) is 36.9 Å². The van der Waals surface area contributed by atoms with Crippen LogP contribution >= 0.6 is 0 Å². The van der Waals surface area contributed by atoms with Crippen LogP contribution in [0, 0.1) is 0 Å². The molecule has 0 unspecified atom stereocenters. The average Bonchev–Trinajstić information content (AvgIpc) is 3.45. The van der Waals surface area contributed by atoms with Crippen LogP contribution in [0.3, 0.4) is 0 Å². The predicted octanol–water partition coefficient (Wildman–Crippen LogP) is 3.76. The van der Waals surface area contributed by atoms with Gasteiger partial charge < -0.3 is 19.4 Å². The van der Waals surface area contributed by atoms with Crippen molar-refractivity contribution in [3.63, 3.8) is 0 Å². The lowest BCUT2D eigenvalue weighted by atomic mass is 9.74. The van der Waals surface area contributed by atoms with Gasteiger partial charge in [-0.1, -0.05) is 36.4 Å². The second-order valence-corrected chi connectivity index (χ2v) is 8.22. The maximum atomic E-state index is 13.0. The number of amides is 2. The van der Waals surface area contributed by atoms with E-state index in [1.54, 1.807) is 6.07 Å².